The van der Waals surface area contributed by atoms with Crippen LogP contribution in [0.25, 0.3) is 10.2 Å². The number of H-pyrrole nitrogens is 1. The molecule has 146 valence electrons. The van der Waals surface area contributed by atoms with Gasteiger partial charge in [-0.2, -0.15) is 5.10 Å². The maximum absolute atomic E-state index is 12.8. The second-order valence-corrected chi connectivity index (χ2v) is 8.10. The van der Waals surface area contributed by atoms with Crippen molar-refractivity contribution < 1.29 is 9.59 Å². The van der Waals surface area contributed by atoms with E-state index in [1.54, 1.807) is 23.3 Å². The van der Waals surface area contributed by atoms with Crippen LogP contribution >= 0.6 is 11.3 Å². The molecular weight excluding hydrogens is 376 g/mol. The summed E-state index contributed by atoms with van der Waals surface area (Å²) in [6, 6.07) is 7.97. The minimum absolute atomic E-state index is 0.0305. The number of amides is 2. The third-order valence-corrected chi connectivity index (χ3v) is 6.19. The van der Waals surface area contributed by atoms with E-state index in [2.05, 4.69) is 25.5 Å². The molecule has 2 amide bonds. The standard InChI is InChI=1S/C19H22N6O2S/c1-11-21-18(24-23-11)12-9-25(10-13(12)19(27)20-2)17(26)8-7-16-22-14-5-3-4-6-15(14)28-16/h3-6,12-13H,7-10H2,1-2H3,(H,20,27)(H,21,23,24)/t12-,13-/m1/s1. The first-order chi connectivity index (χ1) is 13.5. The van der Waals surface area contributed by atoms with Gasteiger partial charge in [-0.25, -0.2) is 9.97 Å². The number of aryl methyl sites for hydroxylation is 2. The molecule has 0 bridgehead atoms. The Bertz CT molecular complexity index is 980. The van der Waals surface area contributed by atoms with Gasteiger partial charge in [0.25, 0.3) is 0 Å². The highest BCUT2D eigenvalue weighted by molar-refractivity contribution is 7.18. The molecule has 1 aromatic carbocycles. The van der Waals surface area contributed by atoms with Gasteiger partial charge in [0.2, 0.25) is 11.8 Å². The number of fused-ring (bicyclic) bond motifs is 1. The summed E-state index contributed by atoms with van der Waals surface area (Å²) < 4.78 is 1.13. The summed E-state index contributed by atoms with van der Waals surface area (Å²) in [5, 5.41) is 10.7. The Morgan fingerprint density at radius 1 is 1.29 bits per heavy atom. The zero-order valence-corrected chi connectivity index (χ0v) is 16.6. The molecule has 28 heavy (non-hydrogen) atoms. The number of carbonyl (C=O) groups excluding carboxylic acids is 2. The lowest BCUT2D eigenvalue weighted by atomic mass is 9.94. The van der Waals surface area contributed by atoms with Crippen molar-refractivity contribution in [1.29, 1.82) is 0 Å². The molecule has 8 nitrogen and oxygen atoms in total. The quantitative estimate of drug-likeness (QED) is 0.680. The number of aromatic nitrogens is 4. The Kier molecular flexibility index (Phi) is 5.08. The van der Waals surface area contributed by atoms with Crippen LogP contribution in [0.4, 0.5) is 0 Å². The number of hydrogen-bond donors (Lipinski definition) is 2. The molecule has 0 spiro atoms. The zero-order valence-electron chi connectivity index (χ0n) is 15.8. The minimum Gasteiger partial charge on any atom is -0.359 e. The largest absolute Gasteiger partial charge is 0.359 e. The van der Waals surface area contributed by atoms with Crippen molar-refractivity contribution in [2.24, 2.45) is 5.92 Å². The second kappa shape index (κ2) is 7.67. The van der Waals surface area contributed by atoms with Gasteiger partial charge in [0.1, 0.15) is 5.82 Å². The highest BCUT2D eigenvalue weighted by Crippen LogP contribution is 2.32. The fourth-order valence-electron chi connectivity index (χ4n) is 3.64. The van der Waals surface area contributed by atoms with E-state index >= 15 is 0 Å². The van der Waals surface area contributed by atoms with Gasteiger partial charge in [-0.1, -0.05) is 12.1 Å². The molecule has 2 N–H and O–H groups in total. The van der Waals surface area contributed by atoms with E-state index in [9.17, 15) is 9.59 Å². The molecule has 1 saturated heterocycles. The molecule has 1 aliphatic rings. The first-order valence-electron chi connectivity index (χ1n) is 9.28. The lowest BCUT2D eigenvalue weighted by molar-refractivity contribution is -0.130. The summed E-state index contributed by atoms with van der Waals surface area (Å²) in [7, 11) is 1.61. The first kappa shape index (κ1) is 18.5. The number of nitrogens with zero attached hydrogens (tertiary/aromatic N) is 4. The normalized spacial score (nSPS) is 19.3. The van der Waals surface area contributed by atoms with Crippen molar-refractivity contribution in [2.45, 2.75) is 25.7 Å². The van der Waals surface area contributed by atoms with E-state index in [0.717, 1.165) is 15.2 Å². The van der Waals surface area contributed by atoms with Crippen LogP contribution < -0.4 is 5.32 Å². The van der Waals surface area contributed by atoms with Crippen LogP contribution in [0.5, 0.6) is 0 Å². The van der Waals surface area contributed by atoms with Crippen molar-refractivity contribution in [3.05, 3.63) is 40.9 Å². The average Bonchev–Trinajstić information content (AvgIpc) is 3.42. The number of carbonyl (C=O) groups is 2. The van der Waals surface area contributed by atoms with Gasteiger partial charge < -0.3 is 10.2 Å². The molecule has 0 unspecified atom stereocenters. The van der Waals surface area contributed by atoms with E-state index in [1.165, 1.54) is 0 Å². The smallest absolute Gasteiger partial charge is 0.225 e. The molecule has 0 aliphatic carbocycles. The number of thiazole rings is 1. The number of nitrogens with one attached hydrogen (secondary N) is 2. The van der Waals surface area contributed by atoms with Crippen molar-refractivity contribution in [1.82, 2.24) is 30.4 Å². The zero-order chi connectivity index (χ0) is 19.7. The van der Waals surface area contributed by atoms with E-state index < -0.39 is 0 Å². The monoisotopic (exact) mass is 398 g/mol. The highest BCUT2D eigenvalue weighted by atomic mass is 32.1. The predicted octanol–water partition coefficient (Wildman–Crippen LogP) is 1.64. The molecule has 2 aromatic heterocycles. The van der Waals surface area contributed by atoms with Crippen LogP contribution in [-0.4, -0.2) is 57.0 Å². The highest BCUT2D eigenvalue weighted by Gasteiger charge is 2.41. The molecule has 0 radical (unpaired) electrons. The van der Waals surface area contributed by atoms with Crippen LogP contribution in [0.3, 0.4) is 0 Å². The maximum Gasteiger partial charge on any atom is 0.225 e. The molecule has 1 fully saturated rings. The fourth-order valence-corrected chi connectivity index (χ4v) is 4.61. The average molecular weight is 398 g/mol. The SMILES string of the molecule is CNC(=O)[C@@H]1CN(C(=O)CCc2nc3ccccc3s2)C[C@H]1c1n[nH]c(C)n1. The number of para-hydroxylation sites is 1. The number of aromatic amines is 1. The lowest BCUT2D eigenvalue weighted by Crippen LogP contribution is -2.33. The number of benzene rings is 1. The summed E-state index contributed by atoms with van der Waals surface area (Å²) in [5.41, 5.74) is 0.968. The van der Waals surface area contributed by atoms with Crippen LogP contribution in [0.15, 0.2) is 24.3 Å². The molecule has 3 heterocycles. The van der Waals surface area contributed by atoms with Gasteiger partial charge in [-0.3, -0.25) is 14.7 Å². The molecule has 2 atom stereocenters. The molecular formula is C19H22N6O2S. The summed E-state index contributed by atoms with van der Waals surface area (Å²) in [4.78, 5) is 35.8. The minimum atomic E-state index is -0.341. The third-order valence-electron chi connectivity index (χ3n) is 5.09. The van der Waals surface area contributed by atoms with Crippen LogP contribution in [0.2, 0.25) is 0 Å². The number of hydrogen-bond acceptors (Lipinski definition) is 6. The van der Waals surface area contributed by atoms with Crippen LogP contribution in [-0.2, 0) is 16.0 Å². The molecule has 3 aromatic rings. The number of likely N-dealkylation sites (tertiary alicyclic amines) is 1. The van der Waals surface area contributed by atoms with Crippen LogP contribution in [0, 0.1) is 12.8 Å². The van der Waals surface area contributed by atoms with Gasteiger partial charge in [-0.15, -0.1) is 11.3 Å². The molecule has 4 rings (SSSR count). The summed E-state index contributed by atoms with van der Waals surface area (Å²) >= 11 is 1.62. The Morgan fingerprint density at radius 2 is 2.11 bits per heavy atom. The van der Waals surface area contributed by atoms with E-state index in [-0.39, 0.29) is 23.7 Å². The van der Waals surface area contributed by atoms with Crippen molar-refractivity contribution >= 4 is 33.4 Å². The molecule has 9 heteroatoms. The van der Waals surface area contributed by atoms with Gasteiger partial charge in [0.15, 0.2) is 5.82 Å². The van der Waals surface area contributed by atoms with Gasteiger partial charge >= 0.3 is 0 Å². The van der Waals surface area contributed by atoms with Crippen LogP contribution in [0.1, 0.15) is 29.0 Å². The summed E-state index contributed by atoms with van der Waals surface area (Å²) in [6.45, 7) is 2.66. The van der Waals surface area contributed by atoms with E-state index in [0.29, 0.717) is 37.6 Å². The van der Waals surface area contributed by atoms with Gasteiger partial charge in [-0.05, 0) is 19.1 Å². The summed E-state index contributed by atoms with van der Waals surface area (Å²) in [6.07, 6.45) is 0.976. The Morgan fingerprint density at radius 3 is 2.82 bits per heavy atom. The Balaban J connectivity index is 1.44. The fraction of sp³-hybridized carbons (Fsp3) is 0.421. The van der Waals surface area contributed by atoms with Crippen molar-refractivity contribution in [2.75, 3.05) is 20.1 Å². The van der Waals surface area contributed by atoms with Gasteiger partial charge in [0.05, 0.1) is 27.1 Å². The lowest BCUT2D eigenvalue weighted by Gasteiger charge is -2.15. The Labute approximate surface area is 166 Å². The maximum atomic E-state index is 12.8. The Hall–Kier alpha value is -2.81. The molecule has 0 saturated carbocycles. The second-order valence-electron chi connectivity index (χ2n) is 6.98. The summed E-state index contributed by atoms with van der Waals surface area (Å²) in [5.74, 6) is 0.693. The van der Waals surface area contributed by atoms with Gasteiger partial charge in [0, 0.05) is 33.0 Å². The number of rotatable bonds is 5. The van der Waals surface area contributed by atoms with Crippen molar-refractivity contribution in [3.63, 3.8) is 0 Å². The third kappa shape index (κ3) is 3.62. The predicted molar refractivity (Wildman–Crippen MR) is 106 cm³/mol. The topological polar surface area (TPSA) is 104 Å². The first-order valence-corrected chi connectivity index (χ1v) is 10.1. The molecule has 1 aliphatic heterocycles. The van der Waals surface area contributed by atoms with E-state index in [4.69, 9.17) is 0 Å². The van der Waals surface area contributed by atoms with Crippen molar-refractivity contribution in [3.8, 4) is 0 Å². The van der Waals surface area contributed by atoms with E-state index in [1.807, 2.05) is 31.2 Å².